The lowest BCUT2D eigenvalue weighted by atomic mass is 9.87. The van der Waals surface area contributed by atoms with Crippen LogP contribution in [0, 0.1) is 11.7 Å². The first kappa shape index (κ1) is 15.8. The van der Waals surface area contributed by atoms with Crippen molar-refractivity contribution in [2.24, 2.45) is 5.92 Å². The van der Waals surface area contributed by atoms with Gasteiger partial charge in [-0.25, -0.2) is 4.39 Å². The van der Waals surface area contributed by atoms with Crippen molar-refractivity contribution in [2.75, 3.05) is 6.54 Å². The molecule has 0 aromatic heterocycles. The van der Waals surface area contributed by atoms with Gasteiger partial charge in [-0.15, -0.1) is 0 Å². The van der Waals surface area contributed by atoms with Crippen LogP contribution in [0.4, 0.5) is 4.39 Å². The van der Waals surface area contributed by atoms with Gasteiger partial charge < -0.3 is 5.32 Å². The van der Waals surface area contributed by atoms with Gasteiger partial charge in [-0.3, -0.25) is 0 Å². The number of hydrogen-bond donors (Lipinski definition) is 1. The van der Waals surface area contributed by atoms with Crippen LogP contribution in [0.5, 0.6) is 0 Å². The molecule has 0 radical (unpaired) electrons. The monoisotopic (exact) mass is 297 g/mol. The number of rotatable bonds is 5. The molecule has 112 valence electrons. The molecule has 0 heterocycles. The summed E-state index contributed by atoms with van der Waals surface area (Å²) in [5, 5.41) is 4.11. The highest BCUT2D eigenvalue weighted by molar-refractivity contribution is 6.31. The van der Waals surface area contributed by atoms with Crippen LogP contribution in [-0.4, -0.2) is 12.6 Å². The molecule has 1 aromatic rings. The summed E-state index contributed by atoms with van der Waals surface area (Å²) >= 11 is 6.18. The van der Waals surface area contributed by atoms with Crippen molar-refractivity contribution < 1.29 is 4.39 Å². The Kier molecular flexibility index (Phi) is 6.31. The van der Waals surface area contributed by atoms with E-state index in [0.29, 0.717) is 29.0 Å². The maximum absolute atomic E-state index is 14.0. The Morgan fingerprint density at radius 3 is 2.55 bits per heavy atom. The third kappa shape index (κ3) is 4.20. The van der Waals surface area contributed by atoms with Crippen molar-refractivity contribution in [3.8, 4) is 0 Å². The average molecular weight is 298 g/mol. The molecule has 1 fully saturated rings. The lowest BCUT2D eigenvalue weighted by Crippen LogP contribution is -2.38. The maximum atomic E-state index is 14.0. The standard InChI is InChI=1S/C17H25ClFN/c1-2-20-17(13-8-5-3-4-6-9-13)12-14-15(18)10-7-11-16(14)19/h7,10-11,13,17,20H,2-6,8-9,12H2,1H3. The third-order valence-electron chi connectivity index (χ3n) is 4.42. The van der Waals surface area contributed by atoms with Crippen LogP contribution in [0.2, 0.25) is 5.02 Å². The summed E-state index contributed by atoms with van der Waals surface area (Å²) in [7, 11) is 0. The minimum atomic E-state index is -0.172. The number of hydrogen-bond acceptors (Lipinski definition) is 1. The van der Waals surface area contributed by atoms with Gasteiger partial charge in [0, 0.05) is 16.6 Å². The first-order valence-corrected chi connectivity index (χ1v) is 8.26. The summed E-state index contributed by atoms with van der Waals surface area (Å²) in [6.07, 6.45) is 8.50. The van der Waals surface area contributed by atoms with E-state index in [1.165, 1.54) is 44.6 Å². The van der Waals surface area contributed by atoms with Crippen molar-refractivity contribution in [3.63, 3.8) is 0 Å². The minimum Gasteiger partial charge on any atom is -0.314 e. The number of likely N-dealkylation sites (N-methyl/N-ethyl adjacent to an activating group) is 1. The van der Waals surface area contributed by atoms with Gasteiger partial charge in [-0.05, 0) is 43.9 Å². The molecule has 1 N–H and O–H groups in total. The zero-order chi connectivity index (χ0) is 14.4. The van der Waals surface area contributed by atoms with Crippen molar-refractivity contribution in [1.29, 1.82) is 0 Å². The fourth-order valence-electron chi connectivity index (χ4n) is 3.33. The SMILES string of the molecule is CCNC(Cc1c(F)cccc1Cl)C1CCCCCC1. The van der Waals surface area contributed by atoms with Crippen molar-refractivity contribution in [3.05, 3.63) is 34.6 Å². The van der Waals surface area contributed by atoms with Crippen LogP contribution in [-0.2, 0) is 6.42 Å². The van der Waals surface area contributed by atoms with Crippen LogP contribution in [0.15, 0.2) is 18.2 Å². The second-order valence-corrected chi connectivity index (χ2v) is 6.23. The van der Waals surface area contributed by atoms with E-state index >= 15 is 0 Å². The molecule has 3 heteroatoms. The molecule has 0 bridgehead atoms. The first-order chi connectivity index (χ1) is 9.72. The Morgan fingerprint density at radius 1 is 1.25 bits per heavy atom. The van der Waals surface area contributed by atoms with Gasteiger partial charge in [0.15, 0.2) is 0 Å². The minimum absolute atomic E-state index is 0.172. The molecule has 20 heavy (non-hydrogen) atoms. The summed E-state index contributed by atoms with van der Waals surface area (Å²) in [4.78, 5) is 0. The Bertz CT molecular complexity index is 393. The molecule has 1 saturated carbocycles. The van der Waals surface area contributed by atoms with Gasteiger partial charge in [0.25, 0.3) is 0 Å². The zero-order valence-corrected chi connectivity index (χ0v) is 13.1. The van der Waals surface area contributed by atoms with Gasteiger partial charge in [0.1, 0.15) is 5.82 Å². The van der Waals surface area contributed by atoms with Gasteiger partial charge >= 0.3 is 0 Å². The molecule has 0 saturated heterocycles. The van der Waals surface area contributed by atoms with Gasteiger partial charge in [0.05, 0.1) is 0 Å². The molecule has 1 aliphatic carbocycles. The fraction of sp³-hybridized carbons (Fsp3) is 0.647. The van der Waals surface area contributed by atoms with Gasteiger partial charge in [0.2, 0.25) is 0 Å². The smallest absolute Gasteiger partial charge is 0.127 e. The summed E-state index contributed by atoms with van der Waals surface area (Å²) in [5.41, 5.74) is 0.671. The Balaban J connectivity index is 2.11. The summed E-state index contributed by atoms with van der Waals surface area (Å²) in [6.45, 7) is 3.04. The van der Waals surface area contributed by atoms with Crippen LogP contribution in [0.3, 0.4) is 0 Å². The molecule has 0 aliphatic heterocycles. The highest BCUT2D eigenvalue weighted by Gasteiger charge is 2.24. The molecule has 2 rings (SSSR count). The van der Waals surface area contributed by atoms with E-state index in [2.05, 4.69) is 12.2 Å². The topological polar surface area (TPSA) is 12.0 Å². The van der Waals surface area contributed by atoms with Crippen LogP contribution in [0.1, 0.15) is 51.0 Å². The fourth-order valence-corrected chi connectivity index (χ4v) is 3.57. The lowest BCUT2D eigenvalue weighted by Gasteiger charge is -2.27. The highest BCUT2D eigenvalue weighted by Crippen LogP contribution is 2.29. The maximum Gasteiger partial charge on any atom is 0.127 e. The zero-order valence-electron chi connectivity index (χ0n) is 12.3. The Morgan fingerprint density at radius 2 is 1.95 bits per heavy atom. The molecule has 1 unspecified atom stereocenters. The second kappa shape index (κ2) is 7.99. The predicted molar refractivity (Wildman–Crippen MR) is 83.8 cm³/mol. The molecule has 0 amide bonds. The number of nitrogens with one attached hydrogen (secondary N) is 1. The normalized spacial score (nSPS) is 18.8. The van der Waals surface area contributed by atoms with E-state index in [0.717, 1.165) is 6.54 Å². The molecule has 1 atom stereocenters. The van der Waals surface area contributed by atoms with Gasteiger partial charge in [-0.2, -0.15) is 0 Å². The average Bonchev–Trinajstić information content (AvgIpc) is 2.71. The van der Waals surface area contributed by atoms with Crippen LogP contribution >= 0.6 is 11.6 Å². The summed E-state index contributed by atoms with van der Waals surface area (Å²) in [6, 6.07) is 5.31. The van der Waals surface area contributed by atoms with E-state index in [4.69, 9.17) is 11.6 Å². The Hall–Kier alpha value is -0.600. The van der Waals surface area contributed by atoms with E-state index in [9.17, 15) is 4.39 Å². The van der Waals surface area contributed by atoms with E-state index in [-0.39, 0.29) is 5.82 Å². The van der Waals surface area contributed by atoms with Gasteiger partial charge in [-0.1, -0.05) is 50.3 Å². The largest absolute Gasteiger partial charge is 0.314 e. The van der Waals surface area contributed by atoms with Crippen LogP contribution in [0.25, 0.3) is 0 Å². The molecule has 1 aliphatic rings. The van der Waals surface area contributed by atoms with E-state index < -0.39 is 0 Å². The molecule has 0 spiro atoms. The van der Waals surface area contributed by atoms with Crippen molar-refractivity contribution in [2.45, 2.75) is 57.9 Å². The van der Waals surface area contributed by atoms with E-state index in [1.807, 2.05) is 0 Å². The second-order valence-electron chi connectivity index (χ2n) is 5.82. The molecule has 1 aromatic carbocycles. The quantitative estimate of drug-likeness (QED) is 0.757. The summed E-state index contributed by atoms with van der Waals surface area (Å²) < 4.78 is 14.0. The molecular formula is C17H25ClFN. The lowest BCUT2D eigenvalue weighted by molar-refractivity contribution is 0.319. The van der Waals surface area contributed by atoms with E-state index in [1.54, 1.807) is 12.1 Å². The first-order valence-electron chi connectivity index (χ1n) is 7.88. The van der Waals surface area contributed by atoms with Crippen molar-refractivity contribution >= 4 is 11.6 Å². The Labute approximate surface area is 126 Å². The molecule has 1 nitrogen and oxygen atoms in total. The number of halogens is 2. The molecular weight excluding hydrogens is 273 g/mol. The number of benzene rings is 1. The van der Waals surface area contributed by atoms with Crippen LogP contribution < -0.4 is 5.32 Å². The predicted octanol–water partition coefficient (Wildman–Crippen LogP) is 4.97. The third-order valence-corrected chi connectivity index (χ3v) is 4.78. The summed E-state index contributed by atoms with van der Waals surface area (Å²) in [5.74, 6) is 0.474. The van der Waals surface area contributed by atoms with Crippen molar-refractivity contribution in [1.82, 2.24) is 5.32 Å². The highest BCUT2D eigenvalue weighted by atomic mass is 35.5.